The van der Waals surface area contributed by atoms with Crippen molar-refractivity contribution in [2.24, 2.45) is 11.7 Å². The molecule has 118 valence electrons. The first kappa shape index (κ1) is 17.3. The molecule has 0 radical (unpaired) electrons. The maximum Gasteiger partial charge on any atom is 0.228 e. The van der Waals surface area contributed by atoms with Crippen molar-refractivity contribution in [2.45, 2.75) is 12.8 Å². The van der Waals surface area contributed by atoms with Gasteiger partial charge in [-0.25, -0.2) is 21.1 Å². The van der Waals surface area contributed by atoms with Crippen LogP contribution in [0, 0.1) is 5.92 Å². The van der Waals surface area contributed by atoms with E-state index >= 15 is 0 Å². The molecule has 1 aliphatic heterocycles. The number of hydrogen-bond acceptors (Lipinski definition) is 6. The van der Waals surface area contributed by atoms with E-state index in [2.05, 4.69) is 5.32 Å². The van der Waals surface area contributed by atoms with Crippen molar-refractivity contribution < 1.29 is 21.6 Å². The summed E-state index contributed by atoms with van der Waals surface area (Å²) < 4.78 is 47.3. The molecule has 1 heterocycles. The fraction of sp³-hybridized carbons (Fsp3) is 0.900. The highest BCUT2D eigenvalue weighted by atomic mass is 32.3. The van der Waals surface area contributed by atoms with E-state index < -0.39 is 30.9 Å². The molecule has 1 saturated heterocycles. The minimum absolute atomic E-state index is 0.0221. The molecule has 0 saturated carbocycles. The van der Waals surface area contributed by atoms with Crippen LogP contribution in [-0.2, 0) is 24.7 Å². The van der Waals surface area contributed by atoms with Crippen LogP contribution in [0.15, 0.2) is 0 Å². The predicted octanol–water partition coefficient (Wildman–Crippen LogP) is -1.89. The van der Waals surface area contributed by atoms with Gasteiger partial charge in [0.25, 0.3) is 0 Å². The van der Waals surface area contributed by atoms with Crippen LogP contribution >= 0.6 is 0 Å². The van der Waals surface area contributed by atoms with Crippen molar-refractivity contribution in [3.63, 3.8) is 0 Å². The van der Waals surface area contributed by atoms with Gasteiger partial charge in [-0.1, -0.05) is 0 Å². The molecular formula is C10H21N3O5S2. The molecule has 8 nitrogen and oxygen atoms in total. The van der Waals surface area contributed by atoms with Gasteiger partial charge in [-0.15, -0.1) is 0 Å². The van der Waals surface area contributed by atoms with E-state index in [4.69, 9.17) is 5.73 Å². The van der Waals surface area contributed by atoms with E-state index in [1.54, 1.807) is 0 Å². The molecule has 3 N–H and O–H groups in total. The van der Waals surface area contributed by atoms with Crippen LogP contribution in [0.5, 0.6) is 0 Å². The Hall–Kier alpha value is -0.710. The topological polar surface area (TPSA) is 127 Å². The van der Waals surface area contributed by atoms with E-state index in [1.165, 1.54) is 0 Å². The number of rotatable bonds is 6. The maximum atomic E-state index is 12.0. The van der Waals surface area contributed by atoms with Crippen molar-refractivity contribution in [1.82, 2.24) is 9.62 Å². The molecule has 10 heteroatoms. The fourth-order valence-electron chi connectivity index (χ4n) is 2.09. The van der Waals surface area contributed by atoms with E-state index in [0.29, 0.717) is 25.9 Å². The van der Waals surface area contributed by atoms with Crippen LogP contribution < -0.4 is 11.1 Å². The lowest BCUT2D eigenvalue weighted by atomic mass is 9.99. The zero-order chi connectivity index (χ0) is 15.4. The number of carbonyl (C=O) groups is 1. The Morgan fingerprint density at radius 3 is 2.55 bits per heavy atom. The standard InChI is InChI=1S/C10H21N3O5S2/c1-19(15,16)8-20(17,18)13-6-2-3-9(7-13)10(14)12-5-4-11/h9H,2-8,11H2,1H3,(H,12,14). The van der Waals surface area contributed by atoms with Crippen molar-refractivity contribution in [1.29, 1.82) is 0 Å². The van der Waals surface area contributed by atoms with Crippen LogP contribution in [0.1, 0.15) is 12.8 Å². The van der Waals surface area contributed by atoms with Crippen molar-refractivity contribution >= 4 is 25.8 Å². The Balaban J connectivity index is 2.71. The Morgan fingerprint density at radius 1 is 1.35 bits per heavy atom. The quantitative estimate of drug-likeness (QED) is 0.587. The average molecular weight is 327 g/mol. The zero-order valence-electron chi connectivity index (χ0n) is 11.4. The van der Waals surface area contributed by atoms with Crippen LogP contribution in [0.25, 0.3) is 0 Å². The lowest BCUT2D eigenvalue weighted by Gasteiger charge is -2.30. The van der Waals surface area contributed by atoms with E-state index in [-0.39, 0.29) is 19.0 Å². The summed E-state index contributed by atoms with van der Waals surface area (Å²) in [6.07, 6.45) is 1.99. The second-order valence-corrected chi connectivity index (χ2v) is 9.41. The number of carbonyl (C=O) groups excluding carboxylic acids is 1. The van der Waals surface area contributed by atoms with E-state index in [9.17, 15) is 21.6 Å². The second-order valence-electron chi connectivity index (χ2n) is 4.93. The Morgan fingerprint density at radius 2 is 2.00 bits per heavy atom. The van der Waals surface area contributed by atoms with Crippen LogP contribution in [0.4, 0.5) is 0 Å². The monoisotopic (exact) mass is 327 g/mol. The smallest absolute Gasteiger partial charge is 0.228 e. The van der Waals surface area contributed by atoms with Crippen molar-refractivity contribution in [3.8, 4) is 0 Å². The lowest BCUT2D eigenvalue weighted by Crippen LogP contribution is -2.47. The number of piperidine rings is 1. The van der Waals surface area contributed by atoms with Gasteiger partial charge in [-0.05, 0) is 12.8 Å². The van der Waals surface area contributed by atoms with Gasteiger partial charge >= 0.3 is 0 Å². The second kappa shape index (κ2) is 6.83. The summed E-state index contributed by atoms with van der Waals surface area (Å²) in [5.74, 6) is -0.695. The number of nitrogens with zero attached hydrogens (tertiary/aromatic N) is 1. The van der Waals surface area contributed by atoms with E-state index in [1.807, 2.05) is 0 Å². The predicted molar refractivity (Wildman–Crippen MR) is 75.0 cm³/mol. The van der Waals surface area contributed by atoms with Gasteiger partial charge in [0, 0.05) is 32.4 Å². The lowest BCUT2D eigenvalue weighted by molar-refractivity contribution is -0.126. The minimum Gasteiger partial charge on any atom is -0.355 e. The summed E-state index contributed by atoms with van der Waals surface area (Å²) in [5.41, 5.74) is 5.28. The summed E-state index contributed by atoms with van der Waals surface area (Å²) in [5, 5.41) is 1.70. The molecule has 0 bridgehead atoms. The summed E-state index contributed by atoms with van der Waals surface area (Å²) in [6.45, 7) is 0.923. The highest BCUT2D eigenvalue weighted by Gasteiger charge is 2.33. The maximum absolute atomic E-state index is 12.0. The Kier molecular flexibility index (Phi) is 5.92. The molecule has 1 amide bonds. The molecule has 1 unspecified atom stereocenters. The molecule has 1 fully saturated rings. The SMILES string of the molecule is CS(=O)(=O)CS(=O)(=O)N1CCCC(C(=O)NCCN)C1. The number of hydrogen-bond donors (Lipinski definition) is 2. The molecule has 1 atom stereocenters. The van der Waals surface area contributed by atoms with Gasteiger partial charge in [0.05, 0.1) is 5.92 Å². The summed E-state index contributed by atoms with van der Waals surface area (Å²) in [7, 11) is -7.52. The summed E-state index contributed by atoms with van der Waals surface area (Å²) >= 11 is 0. The molecule has 0 aromatic heterocycles. The number of nitrogens with two attached hydrogens (primary N) is 1. The minimum atomic E-state index is -3.89. The van der Waals surface area contributed by atoms with Gasteiger partial charge in [0.2, 0.25) is 15.9 Å². The molecule has 0 aromatic carbocycles. The molecule has 1 rings (SSSR count). The first-order valence-corrected chi connectivity index (χ1v) is 9.96. The molecule has 0 aromatic rings. The van der Waals surface area contributed by atoms with Crippen molar-refractivity contribution in [3.05, 3.63) is 0 Å². The van der Waals surface area contributed by atoms with E-state index in [0.717, 1.165) is 10.6 Å². The number of nitrogens with one attached hydrogen (secondary N) is 1. The molecule has 1 aliphatic rings. The first-order valence-electron chi connectivity index (χ1n) is 6.29. The fourth-order valence-corrected chi connectivity index (χ4v) is 5.67. The van der Waals surface area contributed by atoms with Gasteiger partial charge in [-0.2, -0.15) is 0 Å². The highest BCUT2D eigenvalue weighted by molar-refractivity contribution is 8.06. The number of amides is 1. The number of sulfonamides is 1. The van der Waals surface area contributed by atoms with Crippen LogP contribution in [-0.4, -0.2) is 64.6 Å². The van der Waals surface area contributed by atoms with Crippen LogP contribution in [0.2, 0.25) is 0 Å². The van der Waals surface area contributed by atoms with Crippen molar-refractivity contribution in [2.75, 3.05) is 37.5 Å². The molecule has 0 spiro atoms. The molecule has 20 heavy (non-hydrogen) atoms. The van der Waals surface area contributed by atoms with Gasteiger partial charge < -0.3 is 11.1 Å². The molecule has 0 aliphatic carbocycles. The van der Waals surface area contributed by atoms with Crippen LogP contribution in [0.3, 0.4) is 0 Å². The first-order chi connectivity index (χ1) is 9.15. The Bertz CT molecular complexity index is 543. The highest BCUT2D eigenvalue weighted by Crippen LogP contribution is 2.20. The zero-order valence-corrected chi connectivity index (χ0v) is 13.0. The molecular weight excluding hydrogens is 306 g/mol. The summed E-state index contributed by atoms with van der Waals surface area (Å²) in [4.78, 5) is 11.8. The number of sulfone groups is 1. The largest absolute Gasteiger partial charge is 0.355 e. The third-order valence-electron chi connectivity index (χ3n) is 2.95. The third-order valence-corrected chi connectivity index (χ3v) is 6.98. The summed E-state index contributed by atoms with van der Waals surface area (Å²) in [6, 6.07) is 0. The average Bonchev–Trinajstić information content (AvgIpc) is 2.33. The third kappa shape index (κ3) is 5.35. The normalized spacial score (nSPS) is 21.6. The Labute approximate surface area is 119 Å². The van der Waals surface area contributed by atoms with Gasteiger partial charge in [0.15, 0.2) is 14.9 Å². The van der Waals surface area contributed by atoms with Gasteiger partial charge in [0.1, 0.15) is 0 Å². The van der Waals surface area contributed by atoms with Gasteiger partial charge in [-0.3, -0.25) is 4.79 Å².